The van der Waals surface area contributed by atoms with Crippen LogP contribution in [0.3, 0.4) is 0 Å². The molecule has 2 aliphatic heterocycles. The molecule has 132 valence electrons. The van der Waals surface area contributed by atoms with Crippen LogP contribution in [-0.4, -0.2) is 51.6 Å². The largest absolute Gasteiger partial charge is 0.548 e. The lowest BCUT2D eigenvalue weighted by atomic mass is 9.95. The molecule has 1 aromatic carbocycles. The molecule has 2 saturated heterocycles. The Labute approximate surface area is 149 Å². The topological polar surface area (TPSA) is 102 Å². The number of rotatable bonds is 5. The Hall–Kier alpha value is -2.35. The van der Waals surface area contributed by atoms with Crippen LogP contribution >= 0.6 is 11.8 Å². The molecule has 4 atom stereocenters. The molecule has 3 rings (SSSR count). The van der Waals surface area contributed by atoms with E-state index in [9.17, 15) is 19.5 Å². The van der Waals surface area contributed by atoms with E-state index in [1.54, 1.807) is 38.1 Å². The summed E-state index contributed by atoms with van der Waals surface area (Å²) in [6.45, 7) is 6.96. The Morgan fingerprint density at radius 3 is 2.56 bits per heavy atom. The molecule has 2 aliphatic rings. The van der Waals surface area contributed by atoms with Crippen molar-refractivity contribution < 1.29 is 19.5 Å². The SMILES string of the molecule is C=N[C@@H](C(=O)N[C@@H]1C(=O)N2[C@@H]1SC(C)(C)[C@@H]2C(=O)[O-])c1ccccc1. The number of amides is 2. The smallest absolute Gasteiger partial charge is 0.250 e. The number of carboxylic acids is 1. The maximum atomic E-state index is 12.5. The number of β-lactam (4-membered cyclic amide) rings is 1. The Morgan fingerprint density at radius 2 is 2.00 bits per heavy atom. The molecule has 2 fully saturated rings. The highest BCUT2D eigenvalue weighted by Crippen LogP contribution is 2.50. The number of fused-ring (bicyclic) bond motifs is 1. The lowest BCUT2D eigenvalue weighted by Gasteiger charge is -2.45. The minimum atomic E-state index is -1.28. The van der Waals surface area contributed by atoms with Crippen molar-refractivity contribution in [2.24, 2.45) is 4.99 Å². The number of carbonyl (C=O) groups excluding carboxylic acids is 3. The van der Waals surface area contributed by atoms with Crippen LogP contribution in [0.1, 0.15) is 25.5 Å². The standard InChI is InChI=1S/C17H19N3O4S/c1-17(2)12(16(23)24)20-14(22)11(15(20)25-17)19-13(21)10(18-3)9-7-5-4-6-8-9/h4-8,10-12,15H,3H2,1-2H3,(H,19,21)(H,23,24)/p-1/t10-,11-,12+,15-/m1/s1. The van der Waals surface area contributed by atoms with Gasteiger partial charge in [-0.3, -0.25) is 14.6 Å². The molecule has 8 heteroatoms. The third-order valence-electron chi connectivity index (χ3n) is 4.51. The molecule has 0 spiro atoms. The number of benzene rings is 1. The summed E-state index contributed by atoms with van der Waals surface area (Å²) >= 11 is 1.35. The van der Waals surface area contributed by atoms with Crippen LogP contribution in [0.5, 0.6) is 0 Å². The van der Waals surface area contributed by atoms with Gasteiger partial charge in [-0.1, -0.05) is 30.3 Å². The van der Waals surface area contributed by atoms with Gasteiger partial charge in [0.15, 0.2) is 6.04 Å². The van der Waals surface area contributed by atoms with Gasteiger partial charge in [0.1, 0.15) is 11.4 Å². The van der Waals surface area contributed by atoms with E-state index in [0.29, 0.717) is 5.56 Å². The second-order valence-electron chi connectivity index (χ2n) is 6.56. The van der Waals surface area contributed by atoms with Gasteiger partial charge in [0.2, 0.25) is 11.8 Å². The van der Waals surface area contributed by atoms with E-state index in [2.05, 4.69) is 17.0 Å². The van der Waals surface area contributed by atoms with Crippen molar-refractivity contribution >= 4 is 36.3 Å². The monoisotopic (exact) mass is 360 g/mol. The van der Waals surface area contributed by atoms with Crippen LogP contribution in [-0.2, 0) is 14.4 Å². The van der Waals surface area contributed by atoms with E-state index >= 15 is 0 Å². The molecule has 0 unspecified atom stereocenters. The van der Waals surface area contributed by atoms with Crippen LogP contribution in [0.25, 0.3) is 0 Å². The third kappa shape index (κ3) is 2.80. The van der Waals surface area contributed by atoms with Crippen molar-refractivity contribution in [3.63, 3.8) is 0 Å². The Balaban J connectivity index is 1.75. The molecule has 0 aromatic heterocycles. The molecular formula is C17H18N3O4S-. The number of hydrogen-bond acceptors (Lipinski definition) is 6. The molecule has 25 heavy (non-hydrogen) atoms. The quantitative estimate of drug-likeness (QED) is 0.575. The van der Waals surface area contributed by atoms with E-state index < -0.39 is 46.0 Å². The second kappa shape index (κ2) is 6.18. The fourth-order valence-electron chi connectivity index (χ4n) is 3.33. The predicted octanol–water partition coefficient (Wildman–Crippen LogP) is -0.275. The van der Waals surface area contributed by atoms with Crippen LogP contribution in [0.4, 0.5) is 0 Å². The van der Waals surface area contributed by atoms with Crippen molar-refractivity contribution in [2.75, 3.05) is 0 Å². The highest BCUT2D eigenvalue weighted by Gasteiger charge is 2.62. The third-order valence-corrected chi connectivity index (χ3v) is 6.08. The maximum absolute atomic E-state index is 12.5. The summed E-state index contributed by atoms with van der Waals surface area (Å²) in [7, 11) is 0. The Morgan fingerprint density at radius 1 is 1.36 bits per heavy atom. The van der Waals surface area contributed by atoms with Gasteiger partial charge in [0.05, 0.1) is 12.0 Å². The van der Waals surface area contributed by atoms with E-state index in [4.69, 9.17) is 0 Å². The zero-order valence-corrected chi connectivity index (χ0v) is 14.7. The van der Waals surface area contributed by atoms with Crippen molar-refractivity contribution in [3.05, 3.63) is 35.9 Å². The first-order valence-corrected chi connectivity index (χ1v) is 8.68. The van der Waals surface area contributed by atoms with Gasteiger partial charge in [0, 0.05) is 4.75 Å². The number of carbonyl (C=O) groups is 3. The number of aliphatic imine (C=N–C) groups is 1. The molecular weight excluding hydrogens is 342 g/mol. The number of nitrogens with one attached hydrogen (secondary N) is 1. The van der Waals surface area contributed by atoms with Crippen molar-refractivity contribution in [2.45, 2.75) is 42.1 Å². The molecule has 1 aromatic rings. The summed E-state index contributed by atoms with van der Waals surface area (Å²) < 4.78 is -0.686. The first-order chi connectivity index (χ1) is 11.8. The average molecular weight is 360 g/mol. The molecule has 0 saturated carbocycles. The molecule has 1 N–H and O–H groups in total. The Kier molecular flexibility index (Phi) is 4.32. The van der Waals surface area contributed by atoms with Gasteiger partial charge in [-0.05, 0) is 26.1 Å². The van der Waals surface area contributed by atoms with Gasteiger partial charge in [0.25, 0.3) is 0 Å². The summed E-state index contributed by atoms with van der Waals surface area (Å²) in [4.78, 5) is 41.5. The maximum Gasteiger partial charge on any atom is 0.250 e. The van der Waals surface area contributed by atoms with E-state index in [0.717, 1.165) is 0 Å². The number of nitrogens with zero attached hydrogens (tertiary/aromatic N) is 2. The lowest BCUT2D eigenvalue weighted by Crippen LogP contribution is -2.71. The second-order valence-corrected chi connectivity index (χ2v) is 8.33. The normalized spacial score (nSPS) is 27.8. The van der Waals surface area contributed by atoms with Crippen molar-refractivity contribution in [1.82, 2.24) is 10.2 Å². The summed E-state index contributed by atoms with van der Waals surface area (Å²) in [5.74, 6) is -2.14. The summed E-state index contributed by atoms with van der Waals surface area (Å²) in [5, 5.41) is 13.7. The zero-order valence-electron chi connectivity index (χ0n) is 13.8. The van der Waals surface area contributed by atoms with Crippen LogP contribution < -0.4 is 10.4 Å². The summed E-state index contributed by atoms with van der Waals surface area (Å²) in [6.07, 6.45) is 0. The van der Waals surface area contributed by atoms with Crippen LogP contribution in [0.15, 0.2) is 35.3 Å². The Bertz CT molecular complexity index is 737. The van der Waals surface area contributed by atoms with Crippen LogP contribution in [0, 0.1) is 0 Å². The summed E-state index contributed by atoms with van der Waals surface area (Å²) in [5.41, 5.74) is 0.672. The van der Waals surface area contributed by atoms with Gasteiger partial charge < -0.3 is 20.1 Å². The van der Waals surface area contributed by atoms with Gasteiger partial charge in [-0.2, -0.15) is 0 Å². The highest BCUT2D eigenvalue weighted by atomic mass is 32.2. The number of hydrogen-bond donors (Lipinski definition) is 1. The van der Waals surface area contributed by atoms with Gasteiger partial charge in [-0.25, -0.2) is 0 Å². The van der Waals surface area contributed by atoms with Gasteiger partial charge in [-0.15, -0.1) is 11.8 Å². The first kappa shape index (κ1) is 17.5. The minimum Gasteiger partial charge on any atom is -0.548 e. The average Bonchev–Trinajstić information content (AvgIpc) is 2.82. The molecule has 0 bridgehead atoms. The van der Waals surface area contributed by atoms with Crippen molar-refractivity contribution in [3.8, 4) is 0 Å². The zero-order chi connectivity index (χ0) is 18.4. The highest BCUT2D eigenvalue weighted by molar-refractivity contribution is 8.01. The number of thioether (sulfide) groups is 1. The van der Waals surface area contributed by atoms with E-state index in [1.165, 1.54) is 16.7 Å². The molecule has 2 heterocycles. The summed E-state index contributed by atoms with van der Waals surface area (Å²) in [6, 6.07) is 6.32. The number of carboxylic acid groups (broad SMARTS) is 1. The molecule has 0 aliphatic carbocycles. The fraction of sp³-hybridized carbons (Fsp3) is 0.412. The molecule has 7 nitrogen and oxygen atoms in total. The molecule has 2 amide bonds. The van der Waals surface area contributed by atoms with Crippen molar-refractivity contribution in [1.29, 1.82) is 0 Å². The van der Waals surface area contributed by atoms with E-state index in [1.807, 2.05) is 6.07 Å². The number of aliphatic carboxylic acids is 1. The minimum absolute atomic E-state index is 0.415. The fourth-order valence-corrected chi connectivity index (χ4v) is 4.95. The van der Waals surface area contributed by atoms with E-state index in [-0.39, 0.29) is 0 Å². The lowest BCUT2D eigenvalue weighted by molar-refractivity contribution is -0.312. The van der Waals surface area contributed by atoms with Gasteiger partial charge >= 0.3 is 0 Å². The first-order valence-electron chi connectivity index (χ1n) is 7.80. The molecule has 0 radical (unpaired) electrons. The predicted molar refractivity (Wildman–Crippen MR) is 91.8 cm³/mol. The van der Waals surface area contributed by atoms with Crippen LogP contribution in [0.2, 0.25) is 0 Å².